The van der Waals surface area contributed by atoms with E-state index in [2.05, 4.69) is 4.98 Å². The normalized spacial score (nSPS) is 15.1. The third-order valence-electron chi connectivity index (χ3n) is 3.08. The number of rotatable bonds is 2. The van der Waals surface area contributed by atoms with Crippen molar-refractivity contribution in [1.29, 1.82) is 0 Å². The molecule has 1 aromatic heterocycles. The second kappa shape index (κ2) is 6.56. The van der Waals surface area contributed by atoms with E-state index in [1.54, 1.807) is 28.9 Å². The zero-order valence-corrected chi connectivity index (χ0v) is 12.0. The highest BCUT2D eigenvalue weighted by Crippen LogP contribution is 2.15. The highest BCUT2D eigenvalue weighted by atomic mass is 35.5. The molecule has 0 radical (unpaired) electrons. The van der Waals surface area contributed by atoms with E-state index >= 15 is 0 Å². The first-order valence-electron chi connectivity index (χ1n) is 6.45. The topological polar surface area (TPSA) is 62.7 Å². The molecule has 0 atom stereocenters. The van der Waals surface area contributed by atoms with E-state index in [1.165, 1.54) is 6.20 Å². The predicted molar refractivity (Wildman–Crippen MR) is 73.7 cm³/mol. The molecule has 20 heavy (non-hydrogen) atoms. The fourth-order valence-electron chi connectivity index (χ4n) is 2.02. The van der Waals surface area contributed by atoms with Crippen LogP contribution < -0.4 is 0 Å². The van der Waals surface area contributed by atoms with Crippen molar-refractivity contribution >= 4 is 23.6 Å². The van der Waals surface area contributed by atoms with Gasteiger partial charge in [0.2, 0.25) is 0 Å². The van der Waals surface area contributed by atoms with E-state index in [-0.39, 0.29) is 17.2 Å². The van der Waals surface area contributed by atoms with Crippen LogP contribution in [0.3, 0.4) is 0 Å². The SMILES string of the molecule is CCOC(=O)N1CCN(C(=O)c2cccnc2Cl)CC1. The monoisotopic (exact) mass is 297 g/mol. The molecule has 1 aliphatic heterocycles. The number of aromatic nitrogens is 1. The van der Waals surface area contributed by atoms with Gasteiger partial charge in [0.25, 0.3) is 5.91 Å². The van der Waals surface area contributed by atoms with Crippen molar-refractivity contribution in [3.63, 3.8) is 0 Å². The Kier molecular flexibility index (Phi) is 4.79. The summed E-state index contributed by atoms with van der Waals surface area (Å²) >= 11 is 5.92. The summed E-state index contributed by atoms with van der Waals surface area (Å²) in [6, 6.07) is 3.32. The summed E-state index contributed by atoms with van der Waals surface area (Å²) in [5.41, 5.74) is 0.388. The van der Waals surface area contributed by atoms with Crippen molar-refractivity contribution in [3.05, 3.63) is 29.0 Å². The molecular formula is C13H16ClN3O3. The predicted octanol–water partition coefficient (Wildman–Crippen LogP) is 1.65. The van der Waals surface area contributed by atoms with E-state index in [0.717, 1.165) is 0 Å². The lowest BCUT2D eigenvalue weighted by Gasteiger charge is -2.34. The highest BCUT2D eigenvalue weighted by molar-refractivity contribution is 6.32. The van der Waals surface area contributed by atoms with Gasteiger partial charge in [-0.15, -0.1) is 0 Å². The smallest absolute Gasteiger partial charge is 0.409 e. The number of ether oxygens (including phenoxy) is 1. The third kappa shape index (κ3) is 3.19. The van der Waals surface area contributed by atoms with Gasteiger partial charge in [0.1, 0.15) is 5.15 Å². The van der Waals surface area contributed by atoms with Crippen LogP contribution in [-0.4, -0.2) is 59.6 Å². The fourth-order valence-corrected chi connectivity index (χ4v) is 2.22. The molecule has 0 unspecified atom stereocenters. The Hall–Kier alpha value is -1.82. The number of carbonyl (C=O) groups excluding carboxylic acids is 2. The zero-order valence-electron chi connectivity index (χ0n) is 11.2. The summed E-state index contributed by atoms with van der Waals surface area (Å²) in [6.07, 6.45) is 1.21. The van der Waals surface area contributed by atoms with Crippen molar-refractivity contribution in [2.24, 2.45) is 0 Å². The summed E-state index contributed by atoms with van der Waals surface area (Å²) in [7, 11) is 0. The van der Waals surface area contributed by atoms with Gasteiger partial charge in [-0.05, 0) is 19.1 Å². The Morgan fingerprint density at radius 2 is 1.95 bits per heavy atom. The van der Waals surface area contributed by atoms with Crippen molar-refractivity contribution in [2.75, 3.05) is 32.8 Å². The number of amides is 2. The van der Waals surface area contributed by atoms with Gasteiger partial charge >= 0.3 is 6.09 Å². The minimum Gasteiger partial charge on any atom is -0.450 e. The lowest BCUT2D eigenvalue weighted by atomic mass is 10.2. The zero-order chi connectivity index (χ0) is 14.5. The van der Waals surface area contributed by atoms with Crippen LogP contribution in [0.15, 0.2) is 18.3 Å². The third-order valence-corrected chi connectivity index (χ3v) is 3.38. The summed E-state index contributed by atoms with van der Waals surface area (Å²) in [5, 5.41) is 0.199. The standard InChI is InChI=1S/C13H16ClN3O3/c1-2-20-13(19)17-8-6-16(7-9-17)12(18)10-4-3-5-15-11(10)14/h3-5H,2,6-9H2,1H3. The fraction of sp³-hybridized carbons (Fsp3) is 0.462. The van der Waals surface area contributed by atoms with E-state index in [0.29, 0.717) is 38.3 Å². The van der Waals surface area contributed by atoms with Gasteiger partial charge in [-0.3, -0.25) is 4.79 Å². The molecule has 1 saturated heterocycles. The highest BCUT2D eigenvalue weighted by Gasteiger charge is 2.26. The molecule has 0 bridgehead atoms. The Balaban J connectivity index is 1.96. The average Bonchev–Trinajstić information content (AvgIpc) is 2.47. The van der Waals surface area contributed by atoms with Crippen LogP contribution in [0.25, 0.3) is 0 Å². The van der Waals surface area contributed by atoms with Gasteiger partial charge in [0, 0.05) is 32.4 Å². The first-order chi connectivity index (χ1) is 9.63. The Morgan fingerprint density at radius 1 is 1.30 bits per heavy atom. The van der Waals surface area contributed by atoms with Crippen LogP contribution in [0.1, 0.15) is 17.3 Å². The van der Waals surface area contributed by atoms with Crippen LogP contribution in [-0.2, 0) is 4.74 Å². The molecule has 0 saturated carbocycles. The van der Waals surface area contributed by atoms with Crippen molar-refractivity contribution in [2.45, 2.75) is 6.92 Å². The van der Waals surface area contributed by atoms with Crippen LogP contribution in [0.2, 0.25) is 5.15 Å². The largest absolute Gasteiger partial charge is 0.450 e. The summed E-state index contributed by atoms with van der Waals surface area (Å²) in [6.45, 7) is 3.96. The molecule has 1 aliphatic rings. The molecule has 7 heteroatoms. The minimum atomic E-state index is -0.334. The maximum absolute atomic E-state index is 12.3. The molecule has 2 rings (SSSR count). The molecule has 0 N–H and O–H groups in total. The van der Waals surface area contributed by atoms with E-state index < -0.39 is 0 Å². The molecule has 1 fully saturated rings. The first kappa shape index (κ1) is 14.6. The Bertz CT molecular complexity index is 501. The molecule has 0 spiro atoms. The van der Waals surface area contributed by atoms with Gasteiger partial charge < -0.3 is 14.5 Å². The number of carbonyl (C=O) groups is 2. The number of hydrogen-bond donors (Lipinski definition) is 0. The number of halogens is 1. The van der Waals surface area contributed by atoms with Crippen molar-refractivity contribution in [1.82, 2.24) is 14.8 Å². The van der Waals surface area contributed by atoms with Crippen LogP contribution in [0, 0.1) is 0 Å². The van der Waals surface area contributed by atoms with Gasteiger partial charge in [0.05, 0.1) is 12.2 Å². The molecule has 1 aromatic rings. The maximum Gasteiger partial charge on any atom is 0.409 e. The van der Waals surface area contributed by atoms with Crippen LogP contribution in [0.4, 0.5) is 4.79 Å². The lowest BCUT2D eigenvalue weighted by Crippen LogP contribution is -2.50. The molecule has 2 amide bonds. The van der Waals surface area contributed by atoms with Crippen LogP contribution in [0.5, 0.6) is 0 Å². The second-order valence-corrected chi connectivity index (χ2v) is 4.68. The molecule has 6 nitrogen and oxygen atoms in total. The van der Waals surface area contributed by atoms with E-state index in [4.69, 9.17) is 16.3 Å². The summed E-state index contributed by atoms with van der Waals surface area (Å²) < 4.78 is 4.93. The van der Waals surface area contributed by atoms with Gasteiger partial charge in [-0.2, -0.15) is 0 Å². The van der Waals surface area contributed by atoms with Gasteiger partial charge in [-0.25, -0.2) is 9.78 Å². The molecule has 0 aromatic carbocycles. The average molecular weight is 298 g/mol. The number of nitrogens with zero attached hydrogens (tertiary/aromatic N) is 3. The number of pyridine rings is 1. The Labute approximate surface area is 122 Å². The second-order valence-electron chi connectivity index (χ2n) is 4.32. The maximum atomic E-state index is 12.3. The molecule has 0 aliphatic carbocycles. The van der Waals surface area contributed by atoms with E-state index in [9.17, 15) is 9.59 Å². The summed E-state index contributed by atoms with van der Waals surface area (Å²) in [5.74, 6) is -0.161. The molecule has 2 heterocycles. The van der Waals surface area contributed by atoms with E-state index in [1.807, 2.05) is 0 Å². The summed E-state index contributed by atoms with van der Waals surface area (Å²) in [4.78, 5) is 31.0. The van der Waals surface area contributed by atoms with Crippen molar-refractivity contribution in [3.8, 4) is 0 Å². The first-order valence-corrected chi connectivity index (χ1v) is 6.82. The number of piperazine rings is 1. The Morgan fingerprint density at radius 3 is 2.55 bits per heavy atom. The lowest BCUT2D eigenvalue weighted by molar-refractivity contribution is 0.0570. The minimum absolute atomic E-state index is 0.161. The van der Waals surface area contributed by atoms with Crippen LogP contribution >= 0.6 is 11.6 Å². The van der Waals surface area contributed by atoms with Gasteiger partial charge in [-0.1, -0.05) is 11.6 Å². The van der Waals surface area contributed by atoms with Gasteiger partial charge in [0.15, 0.2) is 0 Å². The number of hydrogen-bond acceptors (Lipinski definition) is 4. The van der Waals surface area contributed by atoms with Crippen molar-refractivity contribution < 1.29 is 14.3 Å². The quantitative estimate of drug-likeness (QED) is 0.779. The molecular weight excluding hydrogens is 282 g/mol. The molecule has 108 valence electrons.